The van der Waals surface area contributed by atoms with Crippen LogP contribution in [0.25, 0.3) is 0 Å². The molecule has 1 radical (unpaired) electrons. The molecule has 0 heterocycles. The molecule has 0 aliphatic rings. The molecule has 4 N–H and O–H groups in total. The normalized spacial score (nSPS) is 9.40. The van der Waals surface area contributed by atoms with Crippen molar-refractivity contribution < 1.29 is 37.7 Å². The maximum Gasteiger partial charge on any atom is 2.00 e. The predicted molar refractivity (Wildman–Crippen MR) is 50.8 cm³/mol. The zero-order valence-electron chi connectivity index (χ0n) is 10.1. The molecule has 0 aromatic rings. The molecule has 0 spiro atoms. The largest absolute Gasteiger partial charge is 2.00 e. The second kappa shape index (κ2) is 8.31. The third-order valence-electron chi connectivity index (χ3n) is 1.29. The molecular formula is C6H10MgNaO7. The Labute approximate surface area is 126 Å². The van der Waals surface area contributed by atoms with E-state index in [0.717, 1.165) is 0 Å². The number of carboxylic acid groups (broad SMARTS) is 3. The zero-order valence-corrected chi connectivity index (χ0v) is 11.5. The van der Waals surface area contributed by atoms with Crippen LogP contribution in [0, 0.1) is 0 Å². The standard InChI is InChI=1S/C6H8O7.Mg.Na.2H/c7-3(8)1-6(13,5(11)12)2-4(9)10;;;;/h13H,1-2H2,(H,7,8)(H,9,10)(H,11,12);;;;/q;+2;;2*-1. The van der Waals surface area contributed by atoms with E-state index < -0.39 is 36.4 Å². The van der Waals surface area contributed by atoms with Crippen LogP contribution in [0.3, 0.4) is 0 Å². The van der Waals surface area contributed by atoms with E-state index in [2.05, 4.69) is 0 Å². The minimum atomic E-state index is -2.74. The number of aliphatic hydroxyl groups is 1. The van der Waals surface area contributed by atoms with E-state index in [-0.39, 0.29) is 55.5 Å². The zero-order chi connectivity index (χ0) is 10.6. The first kappa shape index (κ1) is 20.5. The molecule has 0 aliphatic carbocycles. The van der Waals surface area contributed by atoms with Crippen molar-refractivity contribution in [2.75, 3.05) is 0 Å². The average molecular weight is 241 g/mol. The molecule has 0 aromatic heterocycles. The van der Waals surface area contributed by atoms with E-state index in [9.17, 15) is 14.4 Å². The van der Waals surface area contributed by atoms with Gasteiger partial charge in [-0.15, -0.1) is 0 Å². The van der Waals surface area contributed by atoms with Gasteiger partial charge in [0.15, 0.2) is 5.60 Å². The first-order chi connectivity index (χ1) is 5.78. The number of carbonyl (C=O) groups is 3. The van der Waals surface area contributed by atoms with E-state index in [0.29, 0.717) is 0 Å². The fourth-order valence-electron chi connectivity index (χ4n) is 0.714. The summed E-state index contributed by atoms with van der Waals surface area (Å²) in [5.74, 6) is -5.02. The molecule has 9 heteroatoms. The summed E-state index contributed by atoms with van der Waals surface area (Å²) in [6.45, 7) is 0. The van der Waals surface area contributed by atoms with Crippen LogP contribution in [0.15, 0.2) is 0 Å². The molecule has 0 saturated heterocycles. The van der Waals surface area contributed by atoms with Crippen molar-refractivity contribution in [2.45, 2.75) is 18.4 Å². The second-order valence-electron chi connectivity index (χ2n) is 2.48. The van der Waals surface area contributed by atoms with Gasteiger partial charge in [0, 0.05) is 29.6 Å². The van der Waals surface area contributed by atoms with Gasteiger partial charge in [-0.3, -0.25) is 9.59 Å². The minimum Gasteiger partial charge on any atom is -1.00 e. The Morgan fingerprint density at radius 2 is 1.27 bits per heavy atom. The summed E-state index contributed by atoms with van der Waals surface area (Å²) < 4.78 is 0. The summed E-state index contributed by atoms with van der Waals surface area (Å²) in [5, 5.41) is 33.8. The van der Waals surface area contributed by atoms with Crippen molar-refractivity contribution in [3.05, 3.63) is 0 Å². The third kappa shape index (κ3) is 8.00. The van der Waals surface area contributed by atoms with Crippen LogP contribution in [0.4, 0.5) is 0 Å². The fraction of sp³-hybridized carbons (Fsp3) is 0.500. The molecular weight excluding hydrogens is 231 g/mol. The molecule has 0 unspecified atom stereocenters. The van der Waals surface area contributed by atoms with Gasteiger partial charge in [0.05, 0.1) is 12.8 Å². The summed E-state index contributed by atoms with van der Waals surface area (Å²) in [5.41, 5.74) is -2.74. The van der Waals surface area contributed by atoms with Gasteiger partial charge in [-0.25, -0.2) is 4.79 Å². The van der Waals surface area contributed by atoms with Gasteiger partial charge in [0.1, 0.15) is 0 Å². The Balaban J connectivity index is -0.000000120. The molecule has 0 atom stereocenters. The van der Waals surface area contributed by atoms with Gasteiger partial charge in [-0.2, -0.15) is 0 Å². The van der Waals surface area contributed by atoms with Crippen LogP contribution in [0.5, 0.6) is 0 Å². The Morgan fingerprint density at radius 1 is 1.00 bits per heavy atom. The molecule has 0 fully saturated rings. The number of hydrogen-bond donors (Lipinski definition) is 4. The van der Waals surface area contributed by atoms with E-state index in [1.165, 1.54) is 0 Å². The van der Waals surface area contributed by atoms with Crippen LogP contribution in [-0.2, 0) is 14.4 Å². The van der Waals surface area contributed by atoms with Gasteiger partial charge < -0.3 is 23.3 Å². The smallest absolute Gasteiger partial charge is 1.00 e. The Kier molecular flexibility index (Phi) is 11.4. The van der Waals surface area contributed by atoms with Gasteiger partial charge in [-0.1, -0.05) is 0 Å². The number of carboxylic acids is 3. The van der Waals surface area contributed by atoms with Gasteiger partial charge >= 0.3 is 41.0 Å². The minimum absolute atomic E-state index is 0. The van der Waals surface area contributed by atoms with Crippen molar-refractivity contribution in [3.63, 3.8) is 0 Å². The Morgan fingerprint density at radius 3 is 1.40 bits per heavy atom. The van der Waals surface area contributed by atoms with Crippen LogP contribution in [0.1, 0.15) is 15.7 Å². The number of rotatable bonds is 5. The second-order valence-corrected chi connectivity index (χ2v) is 2.48. The molecule has 0 aromatic carbocycles. The maximum absolute atomic E-state index is 10.3. The van der Waals surface area contributed by atoms with Crippen LogP contribution in [0.2, 0.25) is 0 Å². The van der Waals surface area contributed by atoms with Gasteiger partial charge in [0.25, 0.3) is 0 Å². The molecule has 0 aliphatic heterocycles. The molecule has 79 valence electrons. The fourth-order valence-corrected chi connectivity index (χ4v) is 0.714. The summed E-state index contributed by atoms with van der Waals surface area (Å²) in [6, 6.07) is 0. The van der Waals surface area contributed by atoms with Crippen molar-refractivity contribution >= 4 is 70.5 Å². The topological polar surface area (TPSA) is 132 Å². The molecule has 7 nitrogen and oxygen atoms in total. The van der Waals surface area contributed by atoms with E-state index in [1.54, 1.807) is 0 Å². The maximum atomic E-state index is 10.3. The van der Waals surface area contributed by atoms with Crippen molar-refractivity contribution in [3.8, 4) is 0 Å². The van der Waals surface area contributed by atoms with Gasteiger partial charge in [0.2, 0.25) is 0 Å². The molecule has 0 bridgehead atoms. The van der Waals surface area contributed by atoms with Crippen molar-refractivity contribution in [1.29, 1.82) is 0 Å². The SMILES string of the molecule is O=C(O)CC(O)(CC(=O)O)C(=O)O.[H-].[H-].[Mg+2].[Na]. The van der Waals surface area contributed by atoms with Crippen LogP contribution in [-0.4, -0.2) is 96.5 Å². The van der Waals surface area contributed by atoms with Crippen LogP contribution < -0.4 is 0 Å². The Hall–Kier alpha value is 0.136. The summed E-state index contributed by atoms with van der Waals surface area (Å²) in [7, 11) is 0. The first-order valence-corrected chi connectivity index (χ1v) is 3.17. The summed E-state index contributed by atoms with van der Waals surface area (Å²) in [4.78, 5) is 30.5. The van der Waals surface area contributed by atoms with Crippen molar-refractivity contribution in [2.24, 2.45) is 0 Å². The van der Waals surface area contributed by atoms with E-state index in [1.807, 2.05) is 0 Å². The average Bonchev–Trinajstić information content (AvgIpc) is 1.82. The predicted octanol–water partition coefficient (Wildman–Crippen LogP) is -1.79. The van der Waals surface area contributed by atoms with Crippen LogP contribution >= 0.6 is 0 Å². The number of hydrogen-bond acceptors (Lipinski definition) is 4. The van der Waals surface area contributed by atoms with Crippen molar-refractivity contribution in [1.82, 2.24) is 0 Å². The Bertz CT molecular complexity index is 247. The first-order valence-electron chi connectivity index (χ1n) is 3.17. The summed E-state index contributed by atoms with van der Waals surface area (Å²) in [6.07, 6.45) is -2.29. The number of aliphatic carboxylic acids is 3. The van der Waals surface area contributed by atoms with E-state index in [4.69, 9.17) is 20.4 Å². The van der Waals surface area contributed by atoms with Gasteiger partial charge in [-0.05, 0) is 0 Å². The monoisotopic (exact) mass is 241 g/mol. The van der Waals surface area contributed by atoms with E-state index >= 15 is 0 Å². The quantitative estimate of drug-likeness (QED) is 0.418. The third-order valence-corrected chi connectivity index (χ3v) is 1.29. The molecule has 0 rings (SSSR count). The molecule has 0 amide bonds. The summed E-state index contributed by atoms with van der Waals surface area (Å²) >= 11 is 0. The molecule has 15 heavy (non-hydrogen) atoms. The molecule has 0 saturated carbocycles.